The lowest BCUT2D eigenvalue weighted by Gasteiger charge is -1.89. The SMILES string of the molecule is O=NC(=O)/C=C/COCO. The average molecular weight is 145 g/mol. The van der Waals surface area contributed by atoms with Gasteiger partial charge in [-0.3, -0.25) is 4.79 Å². The molecule has 5 heteroatoms. The fourth-order valence-corrected chi connectivity index (χ4v) is 0.300. The van der Waals surface area contributed by atoms with Crippen molar-refractivity contribution in [1.29, 1.82) is 0 Å². The summed E-state index contributed by atoms with van der Waals surface area (Å²) >= 11 is 0. The van der Waals surface area contributed by atoms with Crippen molar-refractivity contribution >= 4 is 5.91 Å². The molecule has 0 aliphatic heterocycles. The van der Waals surface area contributed by atoms with Crippen LogP contribution in [0.2, 0.25) is 0 Å². The van der Waals surface area contributed by atoms with Crippen molar-refractivity contribution in [3.8, 4) is 0 Å². The van der Waals surface area contributed by atoms with Crippen LogP contribution in [0.5, 0.6) is 0 Å². The fraction of sp³-hybridized carbons (Fsp3) is 0.400. The third kappa shape index (κ3) is 5.07. The van der Waals surface area contributed by atoms with E-state index in [0.29, 0.717) is 0 Å². The highest BCUT2D eigenvalue weighted by Gasteiger charge is 1.88. The molecule has 0 bridgehead atoms. The van der Waals surface area contributed by atoms with Crippen LogP contribution in [0.3, 0.4) is 0 Å². The van der Waals surface area contributed by atoms with E-state index in [4.69, 9.17) is 5.11 Å². The Kier molecular flexibility index (Phi) is 5.41. The Bertz CT molecular complexity index is 143. The predicted octanol–water partition coefficient (Wildman–Crippen LogP) is -0.198. The van der Waals surface area contributed by atoms with Gasteiger partial charge in [0.25, 0.3) is 0 Å². The molecule has 0 heterocycles. The molecule has 0 radical (unpaired) electrons. The largest absolute Gasteiger partial charge is 0.371 e. The van der Waals surface area contributed by atoms with Gasteiger partial charge in [0.1, 0.15) is 6.79 Å². The smallest absolute Gasteiger partial charge is 0.309 e. The maximum Gasteiger partial charge on any atom is 0.309 e. The Balaban J connectivity index is 3.36. The fourth-order valence-electron chi connectivity index (χ4n) is 0.300. The molecule has 1 N–H and O–H groups in total. The number of aliphatic hydroxyl groups is 1. The minimum Gasteiger partial charge on any atom is -0.371 e. The van der Waals surface area contributed by atoms with Crippen molar-refractivity contribution in [3.63, 3.8) is 0 Å². The first-order valence-electron chi connectivity index (χ1n) is 2.53. The van der Waals surface area contributed by atoms with Gasteiger partial charge in [-0.2, -0.15) is 0 Å². The zero-order valence-corrected chi connectivity index (χ0v) is 5.19. The molecule has 0 aromatic carbocycles. The van der Waals surface area contributed by atoms with Crippen molar-refractivity contribution in [3.05, 3.63) is 17.1 Å². The van der Waals surface area contributed by atoms with Crippen LogP contribution in [0.4, 0.5) is 0 Å². The Hall–Kier alpha value is -1.07. The number of ether oxygens (including phenoxy) is 1. The third-order valence-electron chi connectivity index (χ3n) is 0.656. The highest BCUT2D eigenvalue weighted by Crippen LogP contribution is 1.79. The van der Waals surface area contributed by atoms with Gasteiger partial charge in [-0.25, -0.2) is 0 Å². The molecule has 10 heavy (non-hydrogen) atoms. The van der Waals surface area contributed by atoms with Crippen LogP contribution in [0.25, 0.3) is 0 Å². The average Bonchev–Trinajstić information content (AvgIpc) is 1.98. The minimum atomic E-state index is -0.860. The molecule has 1 amide bonds. The first kappa shape index (κ1) is 8.93. The molecular weight excluding hydrogens is 138 g/mol. The summed E-state index contributed by atoms with van der Waals surface area (Å²) in [5, 5.41) is 10.2. The van der Waals surface area contributed by atoms with E-state index >= 15 is 0 Å². The van der Waals surface area contributed by atoms with Crippen molar-refractivity contribution in [1.82, 2.24) is 0 Å². The summed E-state index contributed by atoms with van der Waals surface area (Å²) in [6, 6.07) is 0. The Labute approximate surface area is 57.3 Å². The molecular formula is C5H7NO4. The maximum absolute atomic E-state index is 10.1. The van der Waals surface area contributed by atoms with Gasteiger partial charge in [0.2, 0.25) is 0 Å². The van der Waals surface area contributed by atoms with E-state index in [0.717, 1.165) is 6.08 Å². The Morgan fingerprint density at radius 1 is 1.70 bits per heavy atom. The van der Waals surface area contributed by atoms with E-state index in [1.807, 2.05) is 0 Å². The summed E-state index contributed by atoms with van der Waals surface area (Å²) in [4.78, 5) is 19.5. The summed E-state index contributed by atoms with van der Waals surface area (Å²) in [5.74, 6) is -0.860. The number of hydrogen-bond acceptors (Lipinski definition) is 4. The van der Waals surface area contributed by atoms with E-state index in [1.165, 1.54) is 6.08 Å². The quantitative estimate of drug-likeness (QED) is 0.257. The van der Waals surface area contributed by atoms with Crippen LogP contribution in [0, 0.1) is 4.91 Å². The van der Waals surface area contributed by atoms with E-state index in [-0.39, 0.29) is 6.61 Å². The van der Waals surface area contributed by atoms with E-state index in [1.54, 1.807) is 0 Å². The number of aliphatic hydroxyl groups excluding tert-OH is 1. The molecule has 0 spiro atoms. The first-order valence-corrected chi connectivity index (χ1v) is 2.53. The van der Waals surface area contributed by atoms with Crippen LogP contribution in [0.1, 0.15) is 0 Å². The van der Waals surface area contributed by atoms with E-state index in [9.17, 15) is 9.70 Å². The molecule has 0 fully saturated rings. The summed E-state index contributed by atoms with van der Waals surface area (Å²) in [5.41, 5.74) is 0. The second-order valence-electron chi connectivity index (χ2n) is 1.33. The lowest BCUT2D eigenvalue weighted by Crippen LogP contribution is -1.92. The summed E-state index contributed by atoms with van der Waals surface area (Å²) in [6.07, 6.45) is 2.27. The molecule has 0 aromatic rings. The van der Waals surface area contributed by atoms with Gasteiger partial charge in [-0.15, -0.1) is 4.91 Å². The van der Waals surface area contributed by atoms with Crippen LogP contribution in [-0.2, 0) is 9.53 Å². The lowest BCUT2D eigenvalue weighted by atomic mass is 10.5. The normalized spacial score (nSPS) is 10.1. The third-order valence-corrected chi connectivity index (χ3v) is 0.656. The highest BCUT2D eigenvalue weighted by atomic mass is 16.6. The van der Waals surface area contributed by atoms with Crippen LogP contribution < -0.4 is 0 Å². The van der Waals surface area contributed by atoms with Crippen molar-refractivity contribution in [2.24, 2.45) is 5.18 Å². The second-order valence-corrected chi connectivity index (χ2v) is 1.33. The number of rotatable bonds is 4. The summed E-state index contributed by atoms with van der Waals surface area (Å²) < 4.78 is 4.40. The van der Waals surface area contributed by atoms with Gasteiger partial charge in [-0.1, -0.05) is 6.08 Å². The Morgan fingerprint density at radius 2 is 2.40 bits per heavy atom. The second kappa shape index (κ2) is 6.06. The van der Waals surface area contributed by atoms with Gasteiger partial charge in [-0.05, 0) is 0 Å². The zero-order valence-electron chi connectivity index (χ0n) is 5.19. The van der Waals surface area contributed by atoms with Crippen molar-refractivity contribution in [2.75, 3.05) is 13.4 Å². The number of carbonyl (C=O) groups excluding carboxylic acids is 1. The number of carbonyl (C=O) groups is 1. The zero-order chi connectivity index (χ0) is 7.82. The molecule has 0 saturated heterocycles. The molecule has 0 unspecified atom stereocenters. The molecule has 0 aromatic heterocycles. The van der Waals surface area contributed by atoms with Crippen molar-refractivity contribution < 1.29 is 14.6 Å². The molecule has 56 valence electrons. The predicted molar refractivity (Wildman–Crippen MR) is 33.0 cm³/mol. The van der Waals surface area contributed by atoms with Gasteiger partial charge in [0, 0.05) is 11.3 Å². The van der Waals surface area contributed by atoms with Crippen LogP contribution in [0.15, 0.2) is 17.3 Å². The topological polar surface area (TPSA) is 76.0 Å². The number of nitrogens with zero attached hydrogens (tertiary/aromatic N) is 1. The van der Waals surface area contributed by atoms with Gasteiger partial charge in [0.15, 0.2) is 0 Å². The number of nitroso groups, excluding NO2 is 1. The Morgan fingerprint density at radius 3 is 2.90 bits per heavy atom. The molecule has 0 atom stereocenters. The van der Waals surface area contributed by atoms with E-state index < -0.39 is 12.7 Å². The number of hydrogen-bond donors (Lipinski definition) is 1. The van der Waals surface area contributed by atoms with Gasteiger partial charge in [0.05, 0.1) is 6.61 Å². The molecule has 0 aliphatic rings. The monoisotopic (exact) mass is 145 g/mol. The maximum atomic E-state index is 10.1. The molecule has 0 rings (SSSR count). The van der Waals surface area contributed by atoms with E-state index in [2.05, 4.69) is 9.91 Å². The summed E-state index contributed by atoms with van der Waals surface area (Å²) in [6.45, 7) is -0.315. The summed E-state index contributed by atoms with van der Waals surface area (Å²) in [7, 11) is 0. The lowest BCUT2D eigenvalue weighted by molar-refractivity contribution is -0.113. The molecule has 5 nitrogen and oxygen atoms in total. The van der Waals surface area contributed by atoms with Crippen molar-refractivity contribution in [2.45, 2.75) is 0 Å². The molecule has 0 aliphatic carbocycles. The van der Waals surface area contributed by atoms with Gasteiger partial charge < -0.3 is 9.84 Å². The molecule has 0 saturated carbocycles. The first-order chi connectivity index (χ1) is 4.81. The number of amides is 1. The van der Waals surface area contributed by atoms with Crippen LogP contribution >= 0.6 is 0 Å². The van der Waals surface area contributed by atoms with Crippen LogP contribution in [-0.4, -0.2) is 24.4 Å². The highest BCUT2D eigenvalue weighted by molar-refractivity contribution is 5.87. The standard InChI is InChI=1S/C5H7NO4/c7-4-10-3-1-2-5(8)6-9/h1-2,7H,3-4H2/b2-1+. The minimum absolute atomic E-state index is 0.0950. The van der Waals surface area contributed by atoms with Gasteiger partial charge >= 0.3 is 5.91 Å².